The third-order valence-corrected chi connectivity index (χ3v) is 3.50. The van der Waals surface area contributed by atoms with Crippen LogP contribution in [0.15, 0.2) is 44.5 Å². The summed E-state index contributed by atoms with van der Waals surface area (Å²) in [5.74, 6) is 0. The summed E-state index contributed by atoms with van der Waals surface area (Å²) in [5.41, 5.74) is 1.12. The predicted octanol–water partition coefficient (Wildman–Crippen LogP) is 1.61. The van der Waals surface area contributed by atoms with E-state index in [2.05, 4.69) is 15.9 Å². The molecule has 0 saturated carbocycles. The maximum absolute atomic E-state index is 11.9. The van der Waals surface area contributed by atoms with E-state index < -0.39 is 0 Å². The van der Waals surface area contributed by atoms with Crippen molar-refractivity contribution in [2.24, 2.45) is 7.05 Å². The molecule has 0 radical (unpaired) electrons. The third-order valence-electron chi connectivity index (χ3n) is 2.61. The second kappa shape index (κ2) is 4.33. The van der Waals surface area contributed by atoms with Crippen molar-refractivity contribution in [2.45, 2.75) is 6.92 Å². The Labute approximate surface area is 106 Å². The lowest BCUT2D eigenvalue weighted by Gasteiger charge is -2.08. The molecule has 0 fully saturated rings. The molecule has 0 bridgehead atoms. The van der Waals surface area contributed by atoms with Gasteiger partial charge in [-0.1, -0.05) is 15.9 Å². The molecule has 0 unspecified atom stereocenters. The minimum atomic E-state index is -0.348. The molecule has 0 amide bonds. The lowest BCUT2D eigenvalue weighted by Crippen LogP contribution is -2.36. The van der Waals surface area contributed by atoms with E-state index in [1.807, 2.05) is 25.1 Å². The fraction of sp³-hybridized carbons (Fsp3) is 0.167. The van der Waals surface area contributed by atoms with E-state index in [0.29, 0.717) is 0 Å². The molecular weight excluding hydrogens is 284 g/mol. The predicted molar refractivity (Wildman–Crippen MR) is 69.7 cm³/mol. The van der Waals surface area contributed by atoms with Crippen LogP contribution in [0.2, 0.25) is 0 Å². The summed E-state index contributed by atoms with van der Waals surface area (Å²) in [4.78, 5) is 23.2. The number of halogens is 1. The van der Waals surface area contributed by atoms with Crippen molar-refractivity contribution in [1.82, 2.24) is 9.13 Å². The van der Waals surface area contributed by atoms with Crippen LogP contribution >= 0.6 is 15.9 Å². The van der Waals surface area contributed by atoms with E-state index in [1.165, 1.54) is 23.9 Å². The van der Waals surface area contributed by atoms with Crippen molar-refractivity contribution in [3.05, 3.63) is 61.3 Å². The summed E-state index contributed by atoms with van der Waals surface area (Å²) < 4.78 is 3.51. The number of aromatic nitrogens is 2. The second-order valence-corrected chi connectivity index (χ2v) is 4.65. The molecule has 1 aromatic heterocycles. The molecule has 0 spiro atoms. The zero-order valence-electron chi connectivity index (χ0n) is 9.48. The van der Waals surface area contributed by atoms with Crippen LogP contribution in [0.3, 0.4) is 0 Å². The van der Waals surface area contributed by atoms with Gasteiger partial charge in [0.05, 0.1) is 5.69 Å². The van der Waals surface area contributed by atoms with Crippen LogP contribution in [0.1, 0.15) is 5.56 Å². The number of nitrogens with zero attached hydrogens (tertiary/aromatic N) is 2. The van der Waals surface area contributed by atoms with Crippen molar-refractivity contribution < 1.29 is 0 Å². The molecule has 17 heavy (non-hydrogen) atoms. The van der Waals surface area contributed by atoms with Gasteiger partial charge < -0.3 is 0 Å². The Kier molecular flexibility index (Phi) is 3.02. The monoisotopic (exact) mass is 294 g/mol. The maximum atomic E-state index is 11.9. The van der Waals surface area contributed by atoms with E-state index in [4.69, 9.17) is 0 Å². The molecule has 0 atom stereocenters. The highest BCUT2D eigenvalue weighted by atomic mass is 79.9. The Morgan fingerprint density at radius 2 is 1.88 bits per heavy atom. The van der Waals surface area contributed by atoms with Gasteiger partial charge >= 0.3 is 5.69 Å². The second-order valence-electron chi connectivity index (χ2n) is 3.80. The molecule has 0 aliphatic heterocycles. The standard InChI is InChI=1S/C12H11BrN2O2/c1-8-7-9(3-4-10(8)13)15-6-5-11(16)14(2)12(15)17/h3-7H,1-2H3. The van der Waals surface area contributed by atoms with Crippen molar-refractivity contribution in [3.8, 4) is 5.69 Å². The highest BCUT2D eigenvalue weighted by Gasteiger charge is 2.04. The molecular formula is C12H11BrN2O2. The molecule has 4 nitrogen and oxygen atoms in total. The first kappa shape index (κ1) is 11.9. The SMILES string of the molecule is Cc1cc(-n2ccc(=O)n(C)c2=O)ccc1Br. The summed E-state index contributed by atoms with van der Waals surface area (Å²) in [6, 6.07) is 6.96. The molecule has 88 valence electrons. The van der Waals surface area contributed by atoms with E-state index in [-0.39, 0.29) is 11.2 Å². The zero-order chi connectivity index (χ0) is 12.6. The molecule has 1 heterocycles. The summed E-state index contributed by atoms with van der Waals surface area (Å²) >= 11 is 3.40. The largest absolute Gasteiger partial charge is 0.335 e. The summed E-state index contributed by atoms with van der Waals surface area (Å²) in [6.07, 6.45) is 1.49. The highest BCUT2D eigenvalue weighted by Crippen LogP contribution is 2.18. The van der Waals surface area contributed by atoms with Crippen LogP contribution in [-0.2, 0) is 7.05 Å². The van der Waals surface area contributed by atoms with E-state index >= 15 is 0 Å². The Morgan fingerprint density at radius 3 is 2.53 bits per heavy atom. The van der Waals surface area contributed by atoms with Gasteiger partial charge in [-0.15, -0.1) is 0 Å². The van der Waals surface area contributed by atoms with Crippen LogP contribution in [0.25, 0.3) is 5.69 Å². The quantitative estimate of drug-likeness (QED) is 0.802. The van der Waals surface area contributed by atoms with Gasteiger partial charge in [0.1, 0.15) is 0 Å². The van der Waals surface area contributed by atoms with Crippen molar-refractivity contribution in [1.29, 1.82) is 0 Å². The van der Waals surface area contributed by atoms with Crippen LogP contribution in [0.5, 0.6) is 0 Å². The Hall–Kier alpha value is -1.62. The topological polar surface area (TPSA) is 44.0 Å². The highest BCUT2D eigenvalue weighted by molar-refractivity contribution is 9.10. The Balaban J connectivity index is 2.69. The molecule has 2 rings (SSSR count). The first-order valence-electron chi connectivity index (χ1n) is 5.06. The van der Waals surface area contributed by atoms with Gasteiger partial charge in [-0.05, 0) is 30.7 Å². The third kappa shape index (κ3) is 2.10. The molecule has 0 N–H and O–H groups in total. The average Bonchev–Trinajstić information content (AvgIpc) is 2.30. The average molecular weight is 295 g/mol. The number of aryl methyl sites for hydroxylation is 1. The number of rotatable bonds is 1. The van der Waals surface area contributed by atoms with Gasteiger partial charge in [-0.25, -0.2) is 4.79 Å². The van der Waals surface area contributed by atoms with Gasteiger partial charge in [0.15, 0.2) is 0 Å². The molecule has 0 saturated heterocycles. The molecule has 0 aliphatic carbocycles. The Morgan fingerprint density at radius 1 is 1.18 bits per heavy atom. The Bertz CT molecular complexity index is 686. The molecule has 5 heteroatoms. The summed E-state index contributed by atoms with van der Waals surface area (Å²) in [6.45, 7) is 1.95. The van der Waals surface area contributed by atoms with E-state index in [0.717, 1.165) is 20.3 Å². The number of benzene rings is 1. The first-order chi connectivity index (χ1) is 8.00. The van der Waals surface area contributed by atoms with Crippen molar-refractivity contribution in [3.63, 3.8) is 0 Å². The fourth-order valence-corrected chi connectivity index (χ4v) is 1.79. The van der Waals surface area contributed by atoms with Crippen molar-refractivity contribution >= 4 is 15.9 Å². The van der Waals surface area contributed by atoms with Crippen LogP contribution in [0, 0.1) is 6.92 Å². The van der Waals surface area contributed by atoms with E-state index in [9.17, 15) is 9.59 Å². The maximum Gasteiger partial charge on any atom is 0.335 e. The molecule has 2 aromatic rings. The summed E-state index contributed by atoms with van der Waals surface area (Å²) in [5, 5.41) is 0. The smallest absolute Gasteiger partial charge is 0.269 e. The van der Waals surface area contributed by atoms with Gasteiger partial charge in [0, 0.05) is 23.8 Å². The van der Waals surface area contributed by atoms with Crippen LogP contribution in [-0.4, -0.2) is 9.13 Å². The van der Waals surface area contributed by atoms with E-state index in [1.54, 1.807) is 0 Å². The summed E-state index contributed by atoms with van der Waals surface area (Å²) in [7, 11) is 1.47. The zero-order valence-corrected chi connectivity index (χ0v) is 11.1. The van der Waals surface area contributed by atoms with Gasteiger partial charge in [-0.2, -0.15) is 0 Å². The van der Waals surface area contributed by atoms with Gasteiger partial charge in [0.25, 0.3) is 5.56 Å². The molecule has 1 aromatic carbocycles. The van der Waals surface area contributed by atoms with Gasteiger partial charge in [0.2, 0.25) is 0 Å². The van der Waals surface area contributed by atoms with Crippen LogP contribution in [0.4, 0.5) is 0 Å². The minimum absolute atomic E-state index is 0.305. The van der Waals surface area contributed by atoms with Crippen molar-refractivity contribution in [2.75, 3.05) is 0 Å². The van der Waals surface area contributed by atoms with Gasteiger partial charge in [-0.3, -0.25) is 13.9 Å². The number of hydrogen-bond acceptors (Lipinski definition) is 2. The lowest BCUT2D eigenvalue weighted by molar-refractivity contribution is 0.728. The first-order valence-corrected chi connectivity index (χ1v) is 5.85. The fourth-order valence-electron chi connectivity index (χ4n) is 1.54. The minimum Gasteiger partial charge on any atom is -0.269 e. The number of hydrogen-bond donors (Lipinski definition) is 0. The normalized spacial score (nSPS) is 10.5. The lowest BCUT2D eigenvalue weighted by atomic mass is 10.2. The molecule has 0 aliphatic rings. The van der Waals surface area contributed by atoms with Crippen LogP contribution < -0.4 is 11.2 Å².